The summed E-state index contributed by atoms with van der Waals surface area (Å²) in [6.45, 7) is 1.23. The number of carboxylic acid groups (broad SMARTS) is 1. The number of fused-ring (bicyclic) bond motifs is 1. The number of nitrogens with one attached hydrogen (secondary N) is 1. The minimum absolute atomic E-state index is 0.190. The minimum atomic E-state index is -1.13. The van der Waals surface area contributed by atoms with E-state index in [0.29, 0.717) is 0 Å². The number of hydrogen-bond donors (Lipinski definition) is 2. The predicted molar refractivity (Wildman–Crippen MR) is 115 cm³/mol. The number of aliphatic carboxylic acids is 1. The van der Waals surface area contributed by atoms with Gasteiger partial charge in [0.15, 0.2) is 12.6 Å². The third-order valence-corrected chi connectivity index (χ3v) is 5.44. The number of amides is 1. The van der Waals surface area contributed by atoms with E-state index in [1.807, 2.05) is 60.7 Å². The van der Waals surface area contributed by atoms with Crippen molar-refractivity contribution in [3.8, 4) is 0 Å². The highest BCUT2D eigenvalue weighted by atomic mass is 16.8. The van der Waals surface area contributed by atoms with Crippen LogP contribution in [-0.2, 0) is 39.9 Å². The molecule has 0 bridgehead atoms. The lowest BCUT2D eigenvalue weighted by Crippen LogP contribution is -2.67. The topological polar surface area (TPSA) is 113 Å². The first kappa shape index (κ1) is 23.3. The summed E-state index contributed by atoms with van der Waals surface area (Å²) in [5, 5.41) is 12.0. The number of hydrogen-bond acceptors (Lipinski definition) is 7. The normalized spacial score (nSPS) is 29.1. The lowest BCUT2D eigenvalue weighted by molar-refractivity contribution is -0.349. The van der Waals surface area contributed by atoms with Gasteiger partial charge in [0.25, 0.3) is 0 Å². The van der Waals surface area contributed by atoms with E-state index in [1.54, 1.807) is 0 Å². The van der Waals surface area contributed by atoms with Crippen LogP contribution in [0.15, 0.2) is 60.7 Å². The van der Waals surface area contributed by atoms with E-state index in [0.717, 1.165) is 11.1 Å². The molecule has 1 amide bonds. The van der Waals surface area contributed by atoms with Crippen LogP contribution in [0.1, 0.15) is 24.3 Å². The molecule has 0 aromatic heterocycles. The maximum atomic E-state index is 12.0. The number of benzene rings is 2. The standard InChI is InChI=1S/C24H27NO8/c1-15(26)25-20-22(29-14-19(27)28)21-18(13-31-23(33-21)17-10-6-3-7-11-17)32-24(20)30-12-16-8-4-2-5-9-16/h2-11,18,20-24H,12-14H2,1H3,(H,25,26)(H,27,28)/t18-,20-,21-,22-,23?,24+/m1/s1. The maximum absolute atomic E-state index is 12.0. The van der Waals surface area contributed by atoms with Gasteiger partial charge < -0.3 is 34.1 Å². The Bertz CT molecular complexity index is 925. The lowest BCUT2D eigenvalue weighted by atomic mass is 9.95. The molecule has 2 saturated heterocycles. The molecule has 2 aromatic carbocycles. The van der Waals surface area contributed by atoms with Gasteiger partial charge in [0.05, 0.1) is 13.2 Å². The highest BCUT2D eigenvalue weighted by Crippen LogP contribution is 2.35. The van der Waals surface area contributed by atoms with Crippen molar-refractivity contribution in [3.05, 3.63) is 71.8 Å². The molecule has 2 fully saturated rings. The van der Waals surface area contributed by atoms with Crippen molar-refractivity contribution in [1.82, 2.24) is 5.32 Å². The molecule has 33 heavy (non-hydrogen) atoms. The number of carboxylic acids is 1. The molecular weight excluding hydrogens is 430 g/mol. The summed E-state index contributed by atoms with van der Waals surface area (Å²) in [6, 6.07) is 18.1. The Morgan fingerprint density at radius 3 is 2.39 bits per heavy atom. The summed E-state index contributed by atoms with van der Waals surface area (Å²) < 4.78 is 29.9. The highest BCUT2D eigenvalue weighted by molar-refractivity contribution is 5.73. The zero-order chi connectivity index (χ0) is 23.2. The molecule has 9 heteroatoms. The molecule has 0 radical (unpaired) electrons. The van der Waals surface area contributed by atoms with Crippen LogP contribution in [0.2, 0.25) is 0 Å². The van der Waals surface area contributed by atoms with Crippen molar-refractivity contribution in [3.63, 3.8) is 0 Å². The van der Waals surface area contributed by atoms with Gasteiger partial charge >= 0.3 is 5.97 Å². The Morgan fingerprint density at radius 2 is 1.73 bits per heavy atom. The van der Waals surface area contributed by atoms with Gasteiger partial charge in [-0.15, -0.1) is 0 Å². The molecule has 2 aliphatic rings. The van der Waals surface area contributed by atoms with Crippen molar-refractivity contribution < 1.29 is 38.4 Å². The minimum Gasteiger partial charge on any atom is -0.480 e. The second-order valence-corrected chi connectivity index (χ2v) is 7.91. The number of carbonyl (C=O) groups excluding carboxylic acids is 1. The number of ether oxygens (including phenoxy) is 5. The van der Waals surface area contributed by atoms with Gasteiger partial charge in [0.2, 0.25) is 5.91 Å². The largest absolute Gasteiger partial charge is 0.480 e. The third kappa shape index (κ3) is 5.95. The fourth-order valence-electron chi connectivity index (χ4n) is 4.00. The summed E-state index contributed by atoms with van der Waals surface area (Å²) >= 11 is 0. The van der Waals surface area contributed by atoms with Gasteiger partial charge in [0.1, 0.15) is 31.0 Å². The summed E-state index contributed by atoms with van der Waals surface area (Å²) in [7, 11) is 0. The van der Waals surface area contributed by atoms with Crippen LogP contribution in [0.5, 0.6) is 0 Å². The summed E-state index contributed by atoms with van der Waals surface area (Å²) in [5.41, 5.74) is 1.74. The molecular formula is C24H27NO8. The monoisotopic (exact) mass is 457 g/mol. The van der Waals surface area contributed by atoms with Crippen LogP contribution >= 0.6 is 0 Å². The molecule has 9 nitrogen and oxygen atoms in total. The van der Waals surface area contributed by atoms with Gasteiger partial charge in [-0.2, -0.15) is 0 Å². The lowest BCUT2D eigenvalue weighted by Gasteiger charge is -2.49. The number of carbonyl (C=O) groups is 2. The Balaban J connectivity index is 1.56. The fourth-order valence-corrected chi connectivity index (χ4v) is 4.00. The third-order valence-electron chi connectivity index (χ3n) is 5.44. The van der Waals surface area contributed by atoms with Crippen molar-refractivity contribution in [2.24, 2.45) is 0 Å². The Kier molecular flexibility index (Phi) is 7.69. The van der Waals surface area contributed by atoms with Gasteiger partial charge in [0, 0.05) is 12.5 Å². The molecule has 6 atom stereocenters. The van der Waals surface area contributed by atoms with E-state index >= 15 is 0 Å². The van der Waals surface area contributed by atoms with Gasteiger partial charge in [-0.3, -0.25) is 4.79 Å². The Hall–Kier alpha value is -2.82. The average molecular weight is 457 g/mol. The molecule has 0 saturated carbocycles. The van der Waals surface area contributed by atoms with Gasteiger partial charge in [-0.1, -0.05) is 60.7 Å². The van der Waals surface area contributed by atoms with Crippen LogP contribution in [0.3, 0.4) is 0 Å². The second kappa shape index (κ2) is 10.9. The zero-order valence-corrected chi connectivity index (χ0v) is 18.2. The first-order valence-corrected chi connectivity index (χ1v) is 10.7. The van der Waals surface area contributed by atoms with Gasteiger partial charge in [-0.05, 0) is 5.56 Å². The quantitative estimate of drug-likeness (QED) is 0.619. The van der Waals surface area contributed by atoms with Crippen molar-refractivity contribution in [2.45, 2.75) is 50.5 Å². The number of rotatable bonds is 8. The van der Waals surface area contributed by atoms with Crippen LogP contribution in [0.25, 0.3) is 0 Å². The van der Waals surface area contributed by atoms with Crippen molar-refractivity contribution in [1.29, 1.82) is 0 Å². The first-order chi connectivity index (χ1) is 16.0. The van der Waals surface area contributed by atoms with E-state index in [1.165, 1.54) is 6.92 Å². The molecule has 4 rings (SSSR count). The Morgan fingerprint density at radius 1 is 1.03 bits per heavy atom. The van der Waals surface area contributed by atoms with E-state index in [-0.39, 0.29) is 19.1 Å². The average Bonchev–Trinajstić information content (AvgIpc) is 2.82. The fraction of sp³-hybridized carbons (Fsp3) is 0.417. The zero-order valence-electron chi connectivity index (χ0n) is 18.2. The Labute approximate surface area is 191 Å². The van der Waals surface area contributed by atoms with E-state index in [2.05, 4.69) is 5.32 Å². The molecule has 2 aliphatic heterocycles. The molecule has 2 aromatic rings. The summed E-state index contributed by atoms with van der Waals surface area (Å²) in [5.74, 6) is -1.46. The first-order valence-electron chi connectivity index (χ1n) is 10.7. The smallest absolute Gasteiger partial charge is 0.329 e. The summed E-state index contributed by atoms with van der Waals surface area (Å²) in [4.78, 5) is 23.3. The molecule has 1 unspecified atom stereocenters. The molecule has 0 aliphatic carbocycles. The van der Waals surface area contributed by atoms with Crippen LogP contribution in [-0.4, -0.2) is 60.8 Å². The van der Waals surface area contributed by atoms with E-state index in [9.17, 15) is 14.7 Å². The van der Waals surface area contributed by atoms with Crippen molar-refractivity contribution in [2.75, 3.05) is 13.2 Å². The van der Waals surface area contributed by atoms with E-state index < -0.39 is 49.5 Å². The van der Waals surface area contributed by atoms with Crippen LogP contribution < -0.4 is 5.32 Å². The van der Waals surface area contributed by atoms with Gasteiger partial charge in [-0.25, -0.2) is 4.79 Å². The molecule has 176 valence electrons. The van der Waals surface area contributed by atoms with Crippen LogP contribution in [0.4, 0.5) is 0 Å². The van der Waals surface area contributed by atoms with Crippen molar-refractivity contribution >= 4 is 11.9 Å². The highest BCUT2D eigenvalue weighted by Gasteiger charge is 2.51. The van der Waals surface area contributed by atoms with Crippen LogP contribution in [0, 0.1) is 0 Å². The molecule has 2 N–H and O–H groups in total. The molecule has 0 spiro atoms. The van der Waals surface area contributed by atoms with E-state index in [4.69, 9.17) is 23.7 Å². The molecule has 2 heterocycles. The SMILES string of the molecule is CC(=O)N[C@H]1[C@@H](OCc2ccccc2)O[C@@H]2COC(c3ccccc3)O[C@H]2[C@@H]1OCC(=O)O. The maximum Gasteiger partial charge on any atom is 0.329 e. The summed E-state index contributed by atoms with van der Waals surface area (Å²) in [6.07, 6.45) is -3.66. The predicted octanol–water partition coefficient (Wildman–Crippen LogP) is 2.02. The second-order valence-electron chi connectivity index (χ2n) is 7.91.